The van der Waals surface area contributed by atoms with Gasteiger partial charge < -0.3 is 0 Å². The number of nitrogens with zero attached hydrogens (tertiary/aromatic N) is 2. The van der Waals surface area contributed by atoms with E-state index in [1.165, 1.54) is 126 Å². The van der Waals surface area contributed by atoms with Crippen molar-refractivity contribution in [2.24, 2.45) is 0 Å². The van der Waals surface area contributed by atoms with Crippen LogP contribution in [0.2, 0.25) is 0 Å². The Bertz CT molecular complexity index is 2860. The van der Waals surface area contributed by atoms with Gasteiger partial charge in [-0.3, -0.25) is 4.57 Å². The highest BCUT2D eigenvalue weighted by atomic mass is 15.1. The summed E-state index contributed by atoms with van der Waals surface area (Å²) in [6.07, 6.45) is 0. The number of aromatic nitrogens is 2. The molecule has 2 nitrogen and oxygen atoms in total. The third-order valence-electron chi connectivity index (χ3n) is 14.0. The maximum Gasteiger partial charge on any atom is 0.139 e. The number of hydrogen-bond donors (Lipinski definition) is 0. The van der Waals surface area contributed by atoms with Gasteiger partial charge >= 0.3 is 0 Å². The molecule has 1 heterocycles. The second-order valence-electron chi connectivity index (χ2n) is 16.3. The fourth-order valence-electron chi connectivity index (χ4n) is 9.75. The molecule has 7 aromatic carbocycles. The Labute approximate surface area is 338 Å². The summed E-state index contributed by atoms with van der Waals surface area (Å²) in [5.41, 5.74) is 28.9. The topological polar surface area (TPSA) is 17.8 Å². The molecule has 0 unspecified atom stereocenters. The van der Waals surface area contributed by atoms with Crippen LogP contribution in [-0.2, 0) is 0 Å². The molecule has 1 aromatic heterocycles. The second kappa shape index (κ2) is 13.5. The zero-order valence-electron chi connectivity index (χ0n) is 35.3. The molecule has 55 heavy (non-hydrogen) atoms. The molecule has 0 aliphatic rings. The fraction of sp³-hybridized carbons (Fsp3) is 0.0250. The summed E-state index contributed by atoms with van der Waals surface area (Å²) in [6, 6.07) is 27.1. The minimum Gasteiger partial charge on any atom is -0.296 e. The van der Waals surface area contributed by atoms with Crippen molar-refractivity contribution in [2.75, 3.05) is 0 Å². The SMILES string of the molecule is Bc1c(B)c(B)c(-c2ccc(-c3c4c(B)c(B)c(B)c(B)c4c(-c4ccccc4-n4c(C)nc5ccccc54)c4c(B)c(B)c(B)c(B)c34)cc2)c(B)c1B. The molecule has 0 atom stereocenters. The van der Waals surface area contributed by atoms with Crippen LogP contribution in [0.3, 0.4) is 0 Å². The van der Waals surface area contributed by atoms with Crippen LogP contribution >= 0.6 is 0 Å². The van der Waals surface area contributed by atoms with Gasteiger partial charge in [-0.05, 0) is 74.5 Å². The molecule has 0 radical (unpaired) electrons. The van der Waals surface area contributed by atoms with E-state index < -0.39 is 0 Å². The summed E-state index contributed by atoms with van der Waals surface area (Å²) >= 11 is 0. The number of hydrogen-bond acceptors (Lipinski definition) is 1. The number of aryl methyl sites for hydroxylation is 1. The zero-order valence-corrected chi connectivity index (χ0v) is 35.3. The molecular formula is C40H41B13N2. The molecule has 0 saturated carbocycles. The molecule has 0 saturated heterocycles. The minimum atomic E-state index is 0.989. The molecule has 0 aliphatic carbocycles. The number of fused-ring (bicyclic) bond motifs is 3. The van der Waals surface area contributed by atoms with Crippen LogP contribution in [0.4, 0.5) is 0 Å². The molecule has 15 heteroatoms. The van der Waals surface area contributed by atoms with Crippen molar-refractivity contribution in [1.82, 2.24) is 9.55 Å². The normalized spacial score (nSPS) is 11.6. The van der Waals surface area contributed by atoms with E-state index in [1.807, 2.05) is 0 Å². The Morgan fingerprint density at radius 1 is 0.382 bits per heavy atom. The fourth-order valence-corrected chi connectivity index (χ4v) is 9.75. The smallest absolute Gasteiger partial charge is 0.139 e. The molecule has 0 bridgehead atoms. The monoisotopic (exact) mass is 692 g/mol. The third kappa shape index (κ3) is 5.39. The number of imidazole rings is 1. The minimum absolute atomic E-state index is 0.989. The van der Waals surface area contributed by atoms with Gasteiger partial charge in [-0.25, -0.2) is 4.98 Å². The van der Waals surface area contributed by atoms with Crippen molar-refractivity contribution >= 4 is 206 Å². The van der Waals surface area contributed by atoms with Gasteiger partial charge in [0, 0.05) is 5.56 Å². The van der Waals surface area contributed by atoms with Gasteiger partial charge in [-0.1, -0.05) is 87.4 Å². The van der Waals surface area contributed by atoms with Crippen molar-refractivity contribution in [3.8, 4) is 39.1 Å². The maximum atomic E-state index is 5.03. The Hall–Kier alpha value is -4.63. The highest BCUT2D eigenvalue weighted by Gasteiger charge is 2.27. The number of para-hydroxylation sites is 3. The molecule has 8 rings (SSSR count). The van der Waals surface area contributed by atoms with E-state index in [4.69, 9.17) is 4.98 Å². The summed E-state index contributed by atoms with van der Waals surface area (Å²) in [5.74, 6) is 0.989. The Balaban J connectivity index is 1.56. The highest BCUT2D eigenvalue weighted by Crippen LogP contribution is 2.43. The molecule has 0 amide bonds. The summed E-state index contributed by atoms with van der Waals surface area (Å²) in [4.78, 5) is 5.03. The van der Waals surface area contributed by atoms with Gasteiger partial charge in [-0.2, -0.15) is 0 Å². The number of benzene rings is 7. The van der Waals surface area contributed by atoms with Crippen LogP contribution in [-0.4, -0.2) is 112 Å². The maximum absolute atomic E-state index is 5.03. The Morgan fingerprint density at radius 3 is 1.27 bits per heavy atom. The lowest BCUT2D eigenvalue weighted by Crippen LogP contribution is -2.55. The second-order valence-corrected chi connectivity index (χ2v) is 16.3. The zero-order chi connectivity index (χ0) is 39.4. The summed E-state index contributed by atoms with van der Waals surface area (Å²) in [7, 11) is 30.0. The molecule has 0 N–H and O–H groups in total. The lowest BCUT2D eigenvalue weighted by molar-refractivity contribution is 1.00. The molecule has 0 spiro atoms. The van der Waals surface area contributed by atoms with Crippen molar-refractivity contribution in [3.63, 3.8) is 0 Å². The first-order chi connectivity index (χ1) is 26.2. The third-order valence-corrected chi connectivity index (χ3v) is 14.0. The van der Waals surface area contributed by atoms with Crippen molar-refractivity contribution < 1.29 is 0 Å². The average molecular weight is 690 g/mol. The van der Waals surface area contributed by atoms with Crippen molar-refractivity contribution in [2.45, 2.75) is 6.92 Å². The lowest BCUT2D eigenvalue weighted by Gasteiger charge is -2.29. The van der Waals surface area contributed by atoms with Gasteiger partial charge in [0.05, 0.1) is 16.7 Å². The Kier molecular flexibility index (Phi) is 9.18. The predicted molar refractivity (Wildman–Crippen MR) is 283 cm³/mol. The molecule has 0 aliphatic heterocycles. The summed E-state index contributed by atoms with van der Waals surface area (Å²) in [5, 5.41) is 5.42. The van der Waals surface area contributed by atoms with Crippen LogP contribution in [0, 0.1) is 6.92 Å². The van der Waals surface area contributed by atoms with Crippen LogP contribution in [0.5, 0.6) is 0 Å². The van der Waals surface area contributed by atoms with Gasteiger partial charge in [0.2, 0.25) is 0 Å². The first-order valence-electron chi connectivity index (χ1n) is 19.8. The van der Waals surface area contributed by atoms with Gasteiger partial charge in [-0.15, -0.1) is 38.2 Å². The van der Waals surface area contributed by atoms with Crippen LogP contribution in [0.15, 0.2) is 72.8 Å². The lowest BCUT2D eigenvalue weighted by atomic mass is 9.59. The quantitative estimate of drug-likeness (QED) is 0.133. The van der Waals surface area contributed by atoms with E-state index in [-0.39, 0.29) is 0 Å². The largest absolute Gasteiger partial charge is 0.296 e. The summed E-state index contributed by atoms with van der Waals surface area (Å²) in [6.45, 7) is 2.13. The first-order valence-corrected chi connectivity index (χ1v) is 19.8. The van der Waals surface area contributed by atoms with Crippen LogP contribution in [0.1, 0.15) is 5.82 Å². The molecular weight excluding hydrogens is 649 g/mol. The van der Waals surface area contributed by atoms with Crippen molar-refractivity contribution in [1.29, 1.82) is 0 Å². The highest BCUT2D eigenvalue weighted by molar-refractivity contribution is 6.72. The van der Waals surface area contributed by atoms with Crippen LogP contribution in [0.25, 0.3) is 71.6 Å². The average Bonchev–Trinajstić information content (AvgIpc) is 3.53. The van der Waals surface area contributed by atoms with Crippen LogP contribution < -0.4 is 71.0 Å². The standard InChI is InChI=1S/C40H41B13N2/c1-14-54-18-7-3-5-9-20(18)55(14)19-8-4-2-6-17(19)23-26-24(30(43)36(49)38(51)32(26)45)21(25-27(23)33(46)39(52)37(50)31(25)44)15-10-12-16(13-11-15)22-28(41)34(47)40(53)35(48)29(22)42/h2-13H,41-53H2,1H3. The van der Waals surface area contributed by atoms with E-state index >= 15 is 0 Å². The van der Waals surface area contributed by atoms with Gasteiger partial charge in [0.25, 0.3) is 0 Å². The van der Waals surface area contributed by atoms with Gasteiger partial charge in [0.1, 0.15) is 108 Å². The summed E-state index contributed by atoms with van der Waals surface area (Å²) < 4.78 is 2.36. The Morgan fingerprint density at radius 2 is 0.764 bits per heavy atom. The molecule has 250 valence electrons. The van der Waals surface area contributed by atoms with E-state index in [0.717, 1.165) is 22.5 Å². The van der Waals surface area contributed by atoms with Gasteiger partial charge in [0.15, 0.2) is 0 Å². The van der Waals surface area contributed by atoms with E-state index in [0.29, 0.717) is 0 Å². The van der Waals surface area contributed by atoms with Crippen molar-refractivity contribution in [3.05, 3.63) is 78.6 Å². The van der Waals surface area contributed by atoms with E-state index in [1.54, 1.807) is 0 Å². The predicted octanol–water partition coefficient (Wildman–Crippen LogP) is -12.0. The van der Waals surface area contributed by atoms with E-state index in [2.05, 4.69) is 186 Å². The van der Waals surface area contributed by atoms with E-state index in [9.17, 15) is 0 Å². The molecule has 8 aromatic rings. The molecule has 0 fully saturated rings. The first kappa shape index (κ1) is 37.3. The number of rotatable bonds is 4.